The smallest absolute Gasteiger partial charge is 0.312 e. The fourth-order valence-corrected chi connectivity index (χ4v) is 3.46. The molecule has 6 nitrogen and oxygen atoms in total. The van der Waals surface area contributed by atoms with Gasteiger partial charge < -0.3 is 16.0 Å². The van der Waals surface area contributed by atoms with Crippen molar-refractivity contribution in [2.24, 2.45) is 5.73 Å². The number of pyridine rings is 1. The van der Waals surface area contributed by atoms with Crippen molar-refractivity contribution >= 4 is 22.8 Å². The summed E-state index contributed by atoms with van der Waals surface area (Å²) in [5.74, 6) is -0.0237. The molecule has 1 aliphatic heterocycles. The van der Waals surface area contributed by atoms with Gasteiger partial charge >= 0.3 is 6.03 Å². The number of amides is 3. The van der Waals surface area contributed by atoms with Gasteiger partial charge in [0.15, 0.2) is 0 Å². The number of aryl methyl sites for hydroxylation is 2. The van der Waals surface area contributed by atoms with Gasteiger partial charge in [0.05, 0.1) is 16.8 Å². The van der Waals surface area contributed by atoms with E-state index in [0.717, 1.165) is 41.4 Å². The third-order valence-corrected chi connectivity index (χ3v) is 4.79. The molecule has 6 heteroatoms. The van der Waals surface area contributed by atoms with Crippen LogP contribution >= 0.6 is 0 Å². The number of carbonyl (C=O) groups is 2. The highest BCUT2D eigenvalue weighted by atomic mass is 16.2. The van der Waals surface area contributed by atoms with Crippen molar-refractivity contribution in [1.29, 1.82) is 0 Å². The Kier molecular flexibility index (Phi) is 4.88. The zero-order valence-electron chi connectivity index (χ0n) is 14.7. The minimum absolute atomic E-state index is 0.0237. The number of nitrogens with zero attached hydrogens (tertiary/aromatic N) is 2. The molecule has 0 spiro atoms. The van der Waals surface area contributed by atoms with Gasteiger partial charge in [-0.2, -0.15) is 0 Å². The Balaban J connectivity index is 1.91. The first kappa shape index (κ1) is 17.2. The van der Waals surface area contributed by atoms with Crippen LogP contribution in [0.4, 0.5) is 4.79 Å². The summed E-state index contributed by atoms with van der Waals surface area (Å²) in [7, 11) is 0. The number of hydrogen-bond acceptors (Lipinski definition) is 3. The number of benzene rings is 1. The van der Waals surface area contributed by atoms with Crippen molar-refractivity contribution in [3.05, 3.63) is 41.1 Å². The first-order chi connectivity index (χ1) is 12.0. The minimum atomic E-state index is -0.558. The molecule has 3 amide bonds. The average molecular weight is 340 g/mol. The molecule has 3 rings (SSSR count). The van der Waals surface area contributed by atoms with Gasteiger partial charge in [-0.25, -0.2) is 4.79 Å². The second-order valence-corrected chi connectivity index (χ2v) is 6.71. The van der Waals surface area contributed by atoms with E-state index in [1.807, 2.05) is 43.0 Å². The second-order valence-electron chi connectivity index (χ2n) is 6.71. The summed E-state index contributed by atoms with van der Waals surface area (Å²) in [6.07, 6.45) is 2.88. The van der Waals surface area contributed by atoms with E-state index in [1.54, 1.807) is 0 Å². The number of likely N-dealkylation sites (tertiary alicyclic amines) is 1. The number of nitrogens with one attached hydrogen (secondary N) is 1. The van der Waals surface area contributed by atoms with Crippen LogP contribution in [-0.2, 0) is 0 Å². The van der Waals surface area contributed by atoms with Crippen LogP contribution < -0.4 is 11.1 Å². The maximum absolute atomic E-state index is 13.1. The topological polar surface area (TPSA) is 88.3 Å². The van der Waals surface area contributed by atoms with Crippen molar-refractivity contribution in [3.8, 4) is 0 Å². The van der Waals surface area contributed by atoms with Gasteiger partial charge in [-0.3, -0.25) is 9.78 Å². The summed E-state index contributed by atoms with van der Waals surface area (Å²) < 4.78 is 0. The number of hydrogen-bond donors (Lipinski definition) is 2. The predicted octanol–water partition coefficient (Wildman–Crippen LogP) is 2.51. The minimum Gasteiger partial charge on any atom is -0.352 e. The van der Waals surface area contributed by atoms with Gasteiger partial charge in [0.1, 0.15) is 0 Å². The zero-order valence-corrected chi connectivity index (χ0v) is 14.7. The van der Waals surface area contributed by atoms with E-state index in [-0.39, 0.29) is 11.9 Å². The summed E-state index contributed by atoms with van der Waals surface area (Å²) in [6, 6.07) is 7.39. The van der Waals surface area contributed by atoms with E-state index < -0.39 is 6.03 Å². The molecule has 1 fully saturated rings. The molecular formula is C19H24N4O2. The van der Waals surface area contributed by atoms with E-state index in [4.69, 9.17) is 5.73 Å². The van der Waals surface area contributed by atoms with E-state index in [2.05, 4.69) is 10.3 Å². The summed E-state index contributed by atoms with van der Waals surface area (Å²) >= 11 is 0. The van der Waals surface area contributed by atoms with Gasteiger partial charge in [-0.15, -0.1) is 0 Å². The number of urea groups is 1. The van der Waals surface area contributed by atoms with E-state index >= 15 is 0 Å². The van der Waals surface area contributed by atoms with Crippen molar-refractivity contribution < 1.29 is 9.59 Å². The summed E-state index contributed by atoms with van der Waals surface area (Å²) in [6.45, 7) is 4.97. The summed E-state index contributed by atoms with van der Waals surface area (Å²) in [5, 5.41) is 3.60. The fourth-order valence-electron chi connectivity index (χ4n) is 3.46. The third kappa shape index (κ3) is 3.73. The van der Waals surface area contributed by atoms with Gasteiger partial charge in [0.25, 0.3) is 5.91 Å². The number of piperidine rings is 1. The monoisotopic (exact) mass is 340 g/mol. The van der Waals surface area contributed by atoms with Gasteiger partial charge in [0, 0.05) is 24.5 Å². The Labute approximate surface area is 147 Å². The Bertz CT molecular complexity index is 818. The predicted molar refractivity (Wildman–Crippen MR) is 97.5 cm³/mol. The first-order valence-corrected chi connectivity index (χ1v) is 8.68. The lowest BCUT2D eigenvalue weighted by molar-refractivity contribution is 0.0614. The first-order valence-electron chi connectivity index (χ1n) is 8.68. The van der Waals surface area contributed by atoms with Crippen molar-refractivity contribution in [3.63, 3.8) is 0 Å². The van der Waals surface area contributed by atoms with Crippen LogP contribution in [0.25, 0.3) is 10.9 Å². The van der Waals surface area contributed by atoms with Crippen LogP contribution in [0.2, 0.25) is 0 Å². The number of primary amides is 1. The molecule has 0 aliphatic carbocycles. The number of rotatable bonds is 3. The molecule has 1 aliphatic rings. The standard InChI is InChI=1S/C19H24N4O2/c1-12-6-7-17-14(9-12)10-16(13(2)22-17)18(24)23-8-4-3-5-15(23)11-21-19(20)25/h6-7,9-10,15H,3-5,8,11H2,1-2H3,(H3,20,21,25)/t15-/m0/s1. The van der Waals surface area contributed by atoms with Crippen molar-refractivity contribution in [2.45, 2.75) is 39.2 Å². The molecule has 2 aromatic rings. The van der Waals surface area contributed by atoms with Crippen LogP contribution in [-0.4, -0.2) is 41.0 Å². The number of nitrogens with two attached hydrogens (primary N) is 1. The van der Waals surface area contributed by atoms with Crippen molar-refractivity contribution in [1.82, 2.24) is 15.2 Å². The van der Waals surface area contributed by atoms with Crippen LogP contribution in [0.5, 0.6) is 0 Å². The summed E-state index contributed by atoms with van der Waals surface area (Å²) in [4.78, 5) is 30.6. The van der Waals surface area contributed by atoms with E-state index in [0.29, 0.717) is 18.7 Å². The van der Waals surface area contributed by atoms with E-state index in [9.17, 15) is 9.59 Å². The molecule has 0 bridgehead atoms. The van der Waals surface area contributed by atoms with E-state index in [1.165, 1.54) is 0 Å². The maximum atomic E-state index is 13.1. The Morgan fingerprint density at radius 1 is 1.28 bits per heavy atom. The molecule has 0 unspecified atom stereocenters. The fraction of sp³-hybridized carbons (Fsp3) is 0.421. The van der Waals surface area contributed by atoms with Crippen LogP contribution in [0.3, 0.4) is 0 Å². The van der Waals surface area contributed by atoms with Crippen molar-refractivity contribution in [2.75, 3.05) is 13.1 Å². The Morgan fingerprint density at radius 3 is 2.84 bits per heavy atom. The van der Waals surface area contributed by atoms with Crippen LogP contribution in [0.1, 0.15) is 40.9 Å². The molecule has 0 radical (unpaired) electrons. The quantitative estimate of drug-likeness (QED) is 0.900. The molecule has 1 atom stereocenters. The number of fused-ring (bicyclic) bond motifs is 1. The molecule has 1 saturated heterocycles. The Hall–Kier alpha value is -2.63. The molecule has 0 saturated carbocycles. The third-order valence-electron chi connectivity index (χ3n) is 4.79. The normalized spacial score (nSPS) is 17.5. The highest BCUT2D eigenvalue weighted by Crippen LogP contribution is 2.23. The highest BCUT2D eigenvalue weighted by Gasteiger charge is 2.28. The lowest BCUT2D eigenvalue weighted by atomic mass is 9.99. The molecule has 132 valence electrons. The largest absolute Gasteiger partial charge is 0.352 e. The lowest BCUT2D eigenvalue weighted by Crippen LogP contribution is -2.50. The molecule has 2 heterocycles. The molecule has 25 heavy (non-hydrogen) atoms. The van der Waals surface area contributed by atoms with Crippen LogP contribution in [0, 0.1) is 13.8 Å². The lowest BCUT2D eigenvalue weighted by Gasteiger charge is -2.36. The summed E-state index contributed by atoms with van der Waals surface area (Å²) in [5.41, 5.74) is 8.57. The molecular weight excluding hydrogens is 316 g/mol. The molecule has 1 aromatic heterocycles. The second kappa shape index (κ2) is 7.09. The molecule has 1 aromatic carbocycles. The van der Waals surface area contributed by atoms with Crippen LogP contribution in [0.15, 0.2) is 24.3 Å². The SMILES string of the molecule is Cc1ccc2nc(C)c(C(=O)N3CCCC[C@H]3CNC(N)=O)cc2c1. The van der Waals surface area contributed by atoms with Gasteiger partial charge in [-0.1, -0.05) is 11.6 Å². The average Bonchev–Trinajstić information content (AvgIpc) is 2.59. The number of carbonyl (C=O) groups excluding carboxylic acids is 2. The van der Waals surface area contributed by atoms with Gasteiger partial charge in [-0.05, 0) is 51.3 Å². The van der Waals surface area contributed by atoms with Gasteiger partial charge in [0.2, 0.25) is 0 Å². The highest BCUT2D eigenvalue weighted by molar-refractivity contribution is 5.99. The number of aromatic nitrogens is 1. The molecule has 3 N–H and O–H groups in total. The maximum Gasteiger partial charge on any atom is 0.312 e. The zero-order chi connectivity index (χ0) is 18.0. The Morgan fingerprint density at radius 2 is 2.08 bits per heavy atom.